The summed E-state index contributed by atoms with van der Waals surface area (Å²) in [6.45, 7) is 5.16. The molecule has 0 saturated carbocycles. The fourth-order valence-electron chi connectivity index (χ4n) is 1.92. The number of rotatable bonds is 6. The summed E-state index contributed by atoms with van der Waals surface area (Å²) in [5.41, 5.74) is 0.676. The van der Waals surface area contributed by atoms with Crippen LogP contribution in [-0.4, -0.2) is 32.5 Å². The molecule has 0 aliphatic carbocycles. The zero-order valence-electron chi connectivity index (χ0n) is 12.5. The van der Waals surface area contributed by atoms with Crippen LogP contribution in [-0.2, 0) is 10.0 Å². The first-order valence-electron chi connectivity index (χ1n) is 6.32. The lowest BCUT2D eigenvalue weighted by Gasteiger charge is -2.26. The Hall–Kier alpha value is -1.91. The van der Waals surface area contributed by atoms with Crippen molar-refractivity contribution in [3.63, 3.8) is 0 Å². The van der Waals surface area contributed by atoms with Crippen molar-refractivity contribution in [2.75, 3.05) is 18.1 Å². The predicted molar refractivity (Wildman–Crippen MR) is 81.7 cm³/mol. The van der Waals surface area contributed by atoms with Gasteiger partial charge in [-0.05, 0) is 39.0 Å². The highest BCUT2D eigenvalue weighted by molar-refractivity contribution is 7.88. The smallest absolute Gasteiger partial charge is 0.209 e. The fraction of sp³-hybridized carbons (Fsp3) is 0.429. The van der Waals surface area contributed by atoms with E-state index in [2.05, 4.69) is 10.0 Å². The topological polar surface area (TPSA) is 99.1 Å². The third kappa shape index (κ3) is 5.53. The molecule has 0 atom stereocenters. The highest BCUT2D eigenvalue weighted by Gasteiger charge is 2.22. The molecular weight excluding hydrogens is 290 g/mol. The minimum atomic E-state index is -3.33. The van der Waals surface area contributed by atoms with Gasteiger partial charge in [0.15, 0.2) is 5.78 Å². The van der Waals surface area contributed by atoms with Crippen LogP contribution in [0.5, 0.6) is 0 Å². The minimum absolute atomic E-state index is 0.129. The van der Waals surface area contributed by atoms with Crippen LogP contribution in [0.25, 0.3) is 0 Å². The Morgan fingerprint density at radius 3 is 2.48 bits per heavy atom. The first-order valence-corrected chi connectivity index (χ1v) is 8.21. The number of nitriles is 1. The predicted octanol–water partition coefficient (Wildman–Crippen LogP) is 1.50. The Kier molecular flexibility index (Phi) is 5.10. The summed E-state index contributed by atoms with van der Waals surface area (Å²) >= 11 is 0. The van der Waals surface area contributed by atoms with Crippen LogP contribution in [0, 0.1) is 11.3 Å². The number of carbonyl (C=O) groups is 1. The van der Waals surface area contributed by atoms with E-state index in [9.17, 15) is 13.2 Å². The Morgan fingerprint density at radius 1 is 1.38 bits per heavy atom. The molecule has 0 aliphatic heterocycles. The van der Waals surface area contributed by atoms with Gasteiger partial charge in [0.05, 0.1) is 17.9 Å². The molecule has 0 bridgehead atoms. The summed E-state index contributed by atoms with van der Waals surface area (Å²) in [5, 5.41) is 12.0. The molecule has 1 rings (SSSR count). The Labute approximate surface area is 125 Å². The van der Waals surface area contributed by atoms with Gasteiger partial charge in [-0.2, -0.15) is 5.26 Å². The van der Waals surface area contributed by atoms with Crippen LogP contribution in [0.4, 0.5) is 5.69 Å². The normalized spacial score (nSPS) is 11.8. The number of carbonyl (C=O) groups excluding carboxylic acids is 1. The van der Waals surface area contributed by atoms with Gasteiger partial charge in [-0.3, -0.25) is 4.79 Å². The van der Waals surface area contributed by atoms with Crippen molar-refractivity contribution in [1.29, 1.82) is 5.26 Å². The summed E-state index contributed by atoms with van der Waals surface area (Å²) < 4.78 is 25.1. The van der Waals surface area contributed by atoms with Gasteiger partial charge in [0.2, 0.25) is 10.0 Å². The zero-order chi connectivity index (χ0) is 16.3. The molecule has 2 N–H and O–H groups in total. The number of sulfonamides is 1. The SMILES string of the molecule is CC(=O)c1ccc(C#N)cc1NCC(C)(C)NS(C)(=O)=O. The van der Waals surface area contributed by atoms with Crippen LogP contribution in [0.2, 0.25) is 0 Å². The Bertz CT molecular complexity index is 688. The minimum Gasteiger partial charge on any atom is -0.383 e. The molecule has 1 aromatic carbocycles. The summed E-state index contributed by atoms with van der Waals surface area (Å²) in [6.07, 6.45) is 1.09. The van der Waals surface area contributed by atoms with Gasteiger partial charge in [0, 0.05) is 23.3 Å². The maximum atomic E-state index is 11.6. The van der Waals surface area contributed by atoms with Crippen LogP contribution in [0.3, 0.4) is 0 Å². The van der Waals surface area contributed by atoms with Crippen LogP contribution in [0.15, 0.2) is 18.2 Å². The molecule has 0 aromatic heterocycles. The fourth-order valence-corrected chi connectivity index (χ4v) is 3.00. The standard InChI is InChI=1S/C14H19N3O3S/c1-10(18)12-6-5-11(8-15)7-13(12)16-9-14(2,3)17-21(4,19)20/h5-7,16-17H,9H2,1-4H3. The average Bonchev–Trinajstić information content (AvgIpc) is 2.33. The number of hydrogen-bond acceptors (Lipinski definition) is 5. The molecule has 0 saturated heterocycles. The maximum Gasteiger partial charge on any atom is 0.209 e. The maximum absolute atomic E-state index is 11.6. The summed E-state index contributed by atoms with van der Waals surface area (Å²) in [4.78, 5) is 11.6. The lowest BCUT2D eigenvalue weighted by Crippen LogP contribution is -2.47. The molecular formula is C14H19N3O3S. The first-order chi connectivity index (χ1) is 9.54. The summed E-state index contributed by atoms with van der Waals surface area (Å²) in [5.74, 6) is -0.129. The van der Waals surface area contributed by atoms with E-state index in [4.69, 9.17) is 5.26 Å². The number of hydrogen-bond donors (Lipinski definition) is 2. The van der Waals surface area contributed by atoms with E-state index in [0.29, 0.717) is 16.8 Å². The zero-order valence-corrected chi connectivity index (χ0v) is 13.3. The van der Waals surface area contributed by atoms with Gasteiger partial charge in [-0.15, -0.1) is 0 Å². The lowest BCUT2D eigenvalue weighted by atomic mass is 10.0. The van der Waals surface area contributed by atoms with Crippen molar-refractivity contribution in [2.24, 2.45) is 0 Å². The second-order valence-corrected chi connectivity index (χ2v) is 7.29. The van der Waals surface area contributed by atoms with Gasteiger partial charge in [0.25, 0.3) is 0 Å². The van der Waals surface area contributed by atoms with Crippen LogP contribution in [0.1, 0.15) is 36.7 Å². The first kappa shape index (κ1) is 17.1. The molecule has 7 heteroatoms. The molecule has 0 heterocycles. The van der Waals surface area contributed by atoms with Crippen LogP contribution < -0.4 is 10.0 Å². The molecule has 0 aliphatic rings. The Morgan fingerprint density at radius 2 is 2.00 bits per heavy atom. The quantitative estimate of drug-likeness (QED) is 0.776. The van der Waals surface area contributed by atoms with Crippen molar-refractivity contribution >= 4 is 21.5 Å². The monoisotopic (exact) mass is 309 g/mol. The molecule has 1 aromatic rings. The van der Waals surface area contributed by atoms with Gasteiger partial charge in [0.1, 0.15) is 0 Å². The molecule has 114 valence electrons. The molecule has 6 nitrogen and oxygen atoms in total. The van der Waals surface area contributed by atoms with Gasteiger partial charge < -0.3 is 5.32 Å². The number of benzene rings is 1. The van der Waals surface area contributed by atoms with Crippen molar-refractivity contribution in [2.45, 2.75) is 26.3 Å². The van der Waals surface area contributed by atoms with Crippen molar-refractivity contribution in [3.8, 4) is 6.07 Å². The second kappa shape index (κ2) is 6.24. The number of anilines is 1. The highest BCUT2D eigenvalue weighted by atomic mass is 32.2. The molecule has 21 heavy (non-hydrogen) atoms. The Balaban J connectivity index is 2.97. The van der Waals surface area contributed by atoms with E-state index in [-0.39, 0.29) is 12.3 Å². The number of ketones is 1. The lowest BCUT2D eigenvalue weighted by molar-refractivity contribution is 0.101. The number of nitrogens with zero attached hydrogens (tertiary/aromatic N) is 1. The van der Waals surface area contributed by atoms with Crippen molar-refractivity contribution in [1.82, 2.24) is 4.72 Å². The van der Waals surface area contributed by atoms with Crippen LogP contribution >= 0.6 is 0 Å². The highest BCUT2D eigenvalue weighted by Crippen LogP contribution is 2.19. The van der Waals surface area contributed by atoms with Gasteiger partial charge in [-0.25, -0.2) is 13.1 Å². The van der Waals surface area contributed by atoms with Gasteiger partial charge in [-0.1, -0.05) is 0 Å². The largest absolute Gasteiger partial charge is 0.383 e. The molecule has 0 unspecified atom stereocenters. The van der Waals surface area contributed by atoms with Crippen molar-refractivity contribution < 1.29 is 13.2 Å². The molecule has 0 amide bonds. The third-order valence-corrected chi connectivity index (χ3v) is 3.63. The van der Waals surface area contributed by atoms with E-state index < -0.39 is 15.6 Å². The molecule has 0 fully saturated rings. The van der Waals surface area contributed by atoms with E-state index >= 15 is 0 Å². The molecule has 0 radical (unpaired) electrons. The molecule has 0 spiro atoms. The van der Waals surface area contributed by atoms with Crippen molar-refractivity contribution in [3.05, 3.63) is 29.3 Å². The summed E-state index contributed by atoms with van der Waals surface area (Å²) in [7, 11) is -3.33. The average molecular weight is 309 g/mol. The summed E-state index contributed by atoms with van der Waals surface area (Å²) in [6, 6.07) is 6.74. The van der Waals surface area contributed by atoms with E-state index in [1.807, 2.05) is 6.07 Å². The second-order valence-electron chi connectivity index (χ2n) is 5.54. The third-order valence-electron chi connectivity index (χ3n) is 2.71. The van der Waals surface area contributed by atoms with Gasteiger partial charge >= 0.3 is 0 Å². The van der Waals surface area contributed by atoms with E-state index in [1.54, 1.807) is 32.0 Å². The van der Waals surface area contributed by atoms with E-state index in [1.165, 1.54) is 6.92 Å². The number of Topliss-reactive ketones (excluding diaryl/α,β-unsaturated/α-hetero) is 1. The number of nitrogens with one attached hydrogen (secondary N) is 2. The van der Waals surface area contributed by atoms with E-state index in [0.717, 1.165) is 6.26 Å².